The van der Waals surface area contributed by atoms with Gasteiger partial charge in [0.05, 0.1) is 0 Å². The first-order valence-electron chi connectivity index (χ1n) is 4.72. The third kappa shape index (κ3) is 4.70. The van der Waals surface area contributed by atoms with Crippen molar-refractivity contribution in [2.45, 2.75) is 27.0 Å². The van der Waals surface area contributed by atoms with Crippen LogP contribution < -0.4 is 0 Å². The Morgan fingerprint density at radius 3 is 2.00 bits per heavy atom. The van der Waals surface area contributed by atoms with Crippen molar-refractivity contribution in [2.75, 3.05) is 33.2 Å². The summed E-state index contributed by atoms with van der Waals surface area (Å²) in [6.07, 6.45) is -0.333. The van der Waals surface area contributed by atoms with E-state index < -0.39 is 0 Å². The van der Waals surface area contributed by atoms with E-state index >= 15 is 0 Å². The fourth-order valence-corrected chi connectivity index (χ4v) is 1.03. The summed E-state index contributed by atoms with van der Waals surface area (Å²) in [5, 5.41) is 9.19. The van der Waals surface area contributed by atoms with Gasteiger partial charge in [0, 0.05) is 13.1 Å². The number of nitrogens with zero attached hydrogens (tertiary/aromatic N) is 2. The molecule has 0 aromatic carbocycles. The van der Waals surface area contributed by atoms with E-state index in [1.165, 1.54) is 0 Å². The molecular weight excluding hydrogens is 152 g/mol. The Bertz CT molecular complexity index is 101. The van der Waals surface area contributed by atoms with Gasteiger partial charge in [-0.3, -0.25) is 4.90 Å². The van der Waals surface area contributed by atoms with Crippen molar-refractivity contribution in [1.82, 2.24) is 9.80 Å². The number of hydrogen-bond acceptors (Lipinski definition) is 3. The number of hydrogen-bond donors (Lipinski definition) is 1. The molecule has 0 spiro atoms. The first-order chi connectivity index (χ1) is 5.61. The molecule has 12 heavy (non-hydrogen) atoms. The van der Waals surface area contributed by atoms with Crippen LogP contribution >= 0.6 is 0 Å². The second-order valence-corrected chi connectivity index (χ2v) is 3.14. The fourth-order valence-electron chi connectivity index (χ4n) is 1.03. The Balaban J connectivity index is 3.51. The summed E-state index contributed by atoms with van der Waals surface area (Å²) in [6.45, 7) is 10.3. The lowest BCUT2D eigenvalue weighted by molar-refractivity contribution is 0.0325. The predicted octanol–water partition coefficient (Wildman–Crippen LogP) is 0.598. The zero-order valence-corrected chi connectivity index (χ0v) is 8.75. The molecule has 0 heterocycles. The van der Waals surface area contributed by atoms with E-state index in [4.69, 9.17) is 0 Å². The standard InChI is InChI=1S/C9H22N2O/c1-5-11(6-2)8-7-10(4)9(3)12/h9,12H,5-8H2,1-4H3. The summed E-state index contributed by atoms with van der Waals surface area (Å²) in [7, 11) is 1.94. The quantitative estimate of drug-likeness (QED) is 0.597. The van der Waals surface area contributed by atoms with Crippen LogP contribution in [-0.2, 0) is 0 Å². The van der Waals surface area contributed by atoms with Gasteiger partial charge in [-0.1, -0.05) is 13.8 Å². The van der Waals surface area contributed by atoms with Gasteiger partial charge < -0.3 is 10.0 Å². The highest BCUT2D eigenvalue weighted by molar-refractivity contribution is 4.57. The van der Waals surface area contributed by atoms with Crippen LogP contribution in [0.3, 0.4) is 0 Å². The molecule has 1 unspecified atom stereocenters. The van der Waals surface area contributed by atoms with Crippen molar-refractivity contribution in [3.05, 3.63) is 0 Å². The van der Waals surface area contributed by atoms with Gasteiger partial charge in [-0.15, -0.1) is 0 Å². The molecule has 0 fully saturated rings. The van der Waals surface area contributed by atoms with E-state index in [9.17, 15) is 5.11 Å². The molecule has 0 radical (unpaired) electrons. The van der Waals surface area contributed by atoms with E-state index in [1.807, 2.05) is 11.9 Å². The van der Waals surface area contributed by atoms with Gasteiger partial charge in [-0.25, -0.2) is 0 Å². The summed E-state index contributed by atoms with van der Waals surface area (Å²) < 4.78 is 0. The Kier molecular flexibility index (Phi) is 6.34. The third-order valence-electron chi connectivity index (χ3n) is 2.30. The zero-order chi connectivity index (χ0) is 9.56. The average molecular weight is 174 g/mol. The molecule has 1 N–H and O–H groups in total. The van der Waals surface area contributed by atoms with E-state index in [-0.39, 0.29) is 6.23 Å². The normalized spacial score (nSPS) is 14.2. The first-order valence-corrected chi connectivity index (χ1v) is 4.72. The smallest absolute Gasteiger partial charge is 0.104 e. The molecule has 0 saturated carbocycles. The van der Waals surface area contributed by atoms with Crippen LogP contribution in [0.4, 0.5) is 0 Å². The van der Waals surface area contributed by atoms with Gasteiger partial charge in [-0.2, -0.15) is 0 Å². The van der Waals surface area contributed by atoms with E-state index in [2.05, 4.69) is 18.7 Å². The molecule has 0 aliphatic rings. The lowest BCUT2D eigenvalue weighted by atomic mass is 10.4. The van der Waals surface area contributed by atoms with Gasteiger partial charge in [0.1, 0.15) is 6.23 Å². The third-order valence-corrected chi connectivity index (χ3v) is 2.30. The van der Waals surface area contributed by atoms with Crippen LogP contribution in [0.15, 0.2) is 0 Å². The Labute approximate surface area is 76.0 Å². The van der Waals surface area contributed by atoms with Crippen LogP contribution in [0.2, 0.25) is 0 Å². The van der Waals surface area contributed by atoms with Crippen molar-refractivity contribution in [1.29, 1.82) is 0 Å². The van der Waals surface area contributed by atoms with Crippen molar-refractivity contribution in [2.24, 2.45) is 0 Å². The molecule has 3 heteroatoms. The maximum absolute atomic E-state index is 9.19. The predicted molar refractivity (Wildman–Crippen MR) is 52.1 cm³/mol. The Hall–Kier alpha value is -0.120. The van der Waals surface area contributed by atoms with Gasteiger partial charge >= 0.3 is 0 Å². The highest BCUT2D eigenvalue weighted by Gasteiger charge is 2.05. The highest BCUT2D eigenvalue weighted by Crippen LogP contribution is 1.92. The zero-order valence-electron chi connectivity index (χ0n) is 8.75. The van der Waals surface area contributed by atoms with Gasteiger partial charge in [0.15, 0.2) is 0 Å². The molecule has 0 rings (SSSR count). The van der Waals surface area contributed by atoms with E-state index in [1.54, 1.807) is 6.92 Å². The number of rotatable bonds is 6. The summed E-state index contributed by atoms with van der Waals surface area (Å²) in [5.74, 6) is 0. The minimum Gasteiger partial charge on any atom is -0.379 e. The molecule has 0 aliphatic carbocycles. The van der Waals surface area contributed by atoms with E-state index in [0.717, 1.165) is 26.2 Å². The summed E-state index contributed by atoms with van der Waals surface area (Å²) in [5.41, 5.74) is 0. The Morgan fingerprint density at radius 1 is 1.17 bits per heavy atom. The molecule has 0 aromatic heterocycles. The van der Waals surface area contributed by atoms with Crippen molar-refractivity contribution in [3.8, 4) is 0 Å². The second-order valence-electron chi connectivity index (χ2n) is 3.14. The SMILES string of the molecule is CCN(CC)CCN(C)C(C)O. The fraction of sp³-hybridized carbons (Fsp3) is 1.00. The topological polar surface area (TPSA) is 26.7 Å². The highest BCUT2D eigenvalue weighted by atomic mass is 16.3. The average Bonchev–Trinajstić information content (AvgIpc) is 2.05. The second kappa shape index (κ2) is 6.40. The molecule has 0 amide bonds. The summed E-state index contributed by atoms with van der Waals surface area (Å²) in [6, 6.07) is 0. The first kappa shape index (κ1) is 11.9. The molecular formula is C9H22N2O. The van der Waals surface area contributed by atoms with Crippen molar-refractivity contribution >= 4 is 0 Å². The number of aliphatic hydroxyl groups excluding tert-OH is 1. The number of likely N-dealkylation sites (N-methyl/N-ethyl adjacent to an activating group) is 2. The molecule has 3 nitrogen and oxygen atoms in total. The summed E-state index contributed by atoms with van der Waals surface area (Å²) >= 11 is 0. The molecule has 0 bridgehead atoms. The van der Waals surface area contributed by atoms with Gasteiger partial charge in [-0.05, 0) is 27.1 Å². The molecule has 74 valence electrons. The lowest BCUT2D eigenvalue weighted by Crippen LogP contribution is -2.37. The van der Waals surface area contributed by atoms with E-state index in [0.29, 0.717) is 0 Å². The minimum atomic E-state index is -0.333. The van der Waals surface area contributed by atoms with Gasteiger partial charge in [0.25, 0.3) is 0 Å². The molecule has 0 saturated heterocycles. The van der Waals surface area contributed by atoms with Crippen LogP contribution in [0, 0.1) is 0 Å². The molecule has 1 atom stereocenters. The van der Waals surface area contributed by atoms with Crippen LogP contribution in [-0.4, -0.2) is 54.4 Å². The van der Waals surface area contributed by atoms with Crippen LogP contribution in [0.5, 0.6) is 0 Å². The Morgan fingerprint density at radius 2 is 1.67 bits per heavy atom. The van der Waals surface area contributed by atoms with Gasteiger partial charge in [0.2, 0.25) is 0 Å². The molecule has 0 aliphatic heterocycles. The van der Waals surface area contributed by atoms with Crippen LogP contribution in [0.25, 0.3) is 0 Å². The van der Waals surface area contributed by atoms with Crippen molar-refractivity contribution < 1.29 is 5.11 Å². The summed E-state index contributed by atoms with van der Waals surface area (Å²) in [4.78, 5) is 4.29. The monoisotopic (exact) mass is 174 g/mol. The largest absolute Gasteiger partial charge is 0.379 e. The molecule has 0 aromatic rings. The minimum absolute atomic E-state index is 0.333. The maximum atomic E-state index is 9.19. The van der Waals surface area contributed by atoms with Crippen LogP contribution in [0.1, 0.15) is 20.8 Å². The number of aliphatic hydroxyl groups is 1. The maximum Gasteiger partial charge on any atom is 0.104 e. The van der Waals surface area contributed by atoms with Crippen molar-refractivity contribution in [3.63, 3.8) is 0 Å². The lowest BCUT2D eigenvalue weighted by Gasteiger charge is -2.24.